The third kappa shape index (κ3) is 3.62. The van der Waals surface area contributed by atoms with Crippen LogP contribution in [0.25, 0.3) is 0 Å². The summed E-state index contributed by atoms with van der Waals surface area (Å²) in [4.78, 5) is 0. The number of hydrazine groups is 1. The van der Waals surface area contributed by atoms with E-state index in [-0.39, 0.29) is 0 Å². The van der Waals surface area contributed by atoms with Crippen molar-refractivity contribution in [1.82, 2.24) is 10.5 Å². The van der Waals surface area contributed by atoms with Gasteiger partial charge in [0.15, 0.2) is 0 Å². The van der Waals surface area contributed by atoms with Crippen molar-refractivity contribution in [2.24, 2.45) is 16.8 Å². The second-order valence-electron chi connectivity index (χ2n) is 5.95. The summed E-state index contributed by atoms with van der Waals surface area (Å²) in [5.74, 6) is 0.661. The van der Waals surface area contributed by atoms with Crippen LogP contribution in [0.5, 0.6) is 0 Å². The molecule has 1 aliphatic heterocycles. The van der Waals surface area contributed by atoms with Crippen LogP contribution < -0.4 is 11.3 Å². The van der Waals surface area contributed by atoms with Crippen LogP contribution in [0.3, 0.4) is 0 Å². The molecule has 4 heteroatoms. The van der Waals surface area contributed by atoms with Gasteiger partial charge in [-0.25, -0.2) is 5.53 Å². The lowest BCUT2D eigenvalue weighted by Crippen LogP contribution is -2.35. The predicted molar refractivity (Wildman–Crippen MR) is 93.1 cm³/mol. The Balaban J connectivity index is 2.11. The van der Waals surface area contributed by atoms with Crippen molar-refractivity contribution in [2.45, 2.75) is 46.5 Å². The molecule has 0 fully saturated rings. The van der Waals surface area contributed by atoms with Gasteiger partial charge in [-0.3, -0.25) is 5.01 Å². The lowest BCUT2D eigenvalue weighted by molar-refractivity contribution is 0.224. The SMILES string of the molecule is CCCCC(CC)CN1NN=C(c2ccccc2C)C1=CN. The molecule has 1 aromatic carbocycles. The van der Waals surface area contributed by atoms with Crippen LogP contribution >= 0.6 is 0 Å². The first kappa shape index (κ1) is 16.4. The van der Waals surface area contributed by atoms with Crippen LogP contribution in [0, 0.1) is 12.8 Å². The average Bonchev–Trinajstić information content (AvgIpc) is 2.94. The molecule has 4 nitrogen and oxygen atoms in total. The van der Waals surface area contributed by atoms with Crippen LogP contribution in [0.1, 0.15) is 50.7 Å². The van der Waals surface area contributed by atoms with Gasteiger partial charge in [0.1, 0.15) is 11.4 Å². The van der Waals surface area contributed by atoms with Gasteiger partial charge in [-0.2, -0.15) is 5.10 Å². The molecule has 0 saturated carbocycles. The Hall–Kier alpha value is -1.97. The molecule has 0 spiro atoms. The number of nitrogens with two attached hydrogens (primary N) is 1. The first-order chi connectivity index (χ1) is 10.7. The Labute approximate surface area is 134 Å². The largest absolute Gasteiger partial charge is 0.403 e. The van der Waals surface area contributed by atoms with E-state index < -0.39 is 0 Å². The average molecular weight is 300 g/mol. The Morgan fingerprint density at radius 2 is 2.09 bits per heavy atom. The molecular weight excluding hydrogens is 272 g/mol. The highest BCUT2D eigenvalue weighted by atomic mass is 15.7. The van der Waals surface area contributed by atoms with Gasteiger partial charge in [-0.05, 0) is 24.8 Å². The number of allylic oxidation sites excluding steroid dienone is 1. The van der Waals surface area contributed by atoms with Crippen LogP contribution in [0.15, 0.2) is 41.3 Å². The molecule has 0 saturated heterocycles. The second kappa shape index (κ2) is 7.87. The van der Waals surface area contributed by atoms with Crippen molar-refractivity contribution in [2.75, 3.05) is 6.54 Å². The third-order valence-electron chi connectivity index (χ3n) is 4.36. The van der Waals surface area contributed by atoms with Gasteiger partial charge < -0.3 is 5.73 Å². The molecule has 22 heavy (non-hydrogen) atoms. The van der Waals surface area contributed by atoms with Crippen molar-refractivity contribution in [3.05, 3.63) is 47.3 Å². The fourth-order valence-corrected chi connectivity index (χ4v) is 2.87. The Kier molecular flexibility index (Phi) is 5.87. The minimum atomic E-state index is 0.661. The molecule has 1 heterocycles. The second-order valence-corrected chi connectivity index (χ2v) is 5.95. The number of unbranched alkanes of at least 4 members (excludes halogenated alkanes) is 1. The van der Waals surface area contributed by atoms with E-state index in [0.717, 1.165) is 23.5 Å². The van der Waals surface area contributed by atoms with Crippen LogP contribution in [-0.2, 0) is 0 Å². The zero-order chi connectivity index (χ0) is 15.9. The number of nitrogens with one attached hydrogen (secondary N) is 1. The van der Waals surface area contributed by atoms with Gasteiger partial charge in [0, 0.05) is 18.3 Å². The maximum Gasteiger partial charge on any atom is 0.119 e. The number of aryl methyl sites for hydroxylation is 1. The number of hydrogen-bond acceptors (Lipinski definition) is 4. The zero-order valence-corrected chi connectivity index (χ0v) is 14.0. The minimum Gasteiger partial charge on any atom is -0.403 e. The summed E-state index contributed by atoms with van der Waals surface area (Å²) in [5.41, 5.74) is 13.3. The van der Waals surface area contributed by atoms with E-state index in [2.05, 4.69) is 48.5 Å². The molecule has 0 bridgehead atoms. The first-order valence-electron chi connectivity index (χ1n) is 8.30. The number of benzene rings is 1. The van der Waals surface area contributed by atoms with E-state index >= 15 is 0 Å². The standard InChI is InChI=1S/C18H28N4/c1-4-6-10-15(5-2)13-22-17(12-19)18(20-21-22)16-11-8-7-9-14(16)3/h7-9,11-12,15,21H,4-6,10,13,19H2,1-3H3. The molecule has 0 amide bonds. The van der Waals surface area contributed by atoms with E-state index in [1.165, 1.54) is 31.2 Å². The predicted octanol–water partition coefficient (Wildman–Crippen LogP) is 3.54. The maximum absolute atomic E-state index is 5.89. The summed E-state index contributed by atoms with van der Waals surface area (Å²) in [5, 5.41) is 6.60. The third-order valence-corrected chi connectivity index (χ3v) is 4.36. The smallest absolute Gasteiger partial charge is 0.119 e. The van der Waals surface area contributed by atoms with E-state index in [1.54, 1.807) is 6.20 Å². The van der Waals surface area contributed by atoms with E-state index in [0.29, 0.717) is 5.92 Å². The molecule has 2 rings (SSSR count). The molecule has 0 aromatic heterocycles. The number of rotatable bonds is 7. The van der Waals surface area contributed by atoms with Crippen LogP contribution in [0.4, 0.5) is 0 Å². The van der Waals surface area contributed by atoms with Gasteiger partial charge in [-0.15, -0.1) is 0 Å². The fourth-order valence-electron chi connectivity index (χ4n) is 2.87. The van der Waals surface area contributed by atoms with Crippen LogP contribution in [-0.4, -0.2) is 17.3 Å². The molecule has 1 aliphatic rings. The van der Waals surface area contributed by atoms with Crippen LogP contribution in [0.2, 0.25) is 0 Å². The summed E-state index contributed by atoms with van der Waals surface area (Å²) in [6.45, 7) is 7.54. The van der Waals surface area contributed by atoms with E-state index in [9.17, 15) is 0 Å². The first-order valence-corrected chi connectivity index (χ1v) is 8.30. The van der Waals surface area contributed by atoms with Crippen molar-refractivity contribution >= 4 is 5.71 Å². The van der Waals surface area contributed by atoms with Crippen molar-refractivity contribution in [1.29, 1.82) is 0 Å². The van der Waals surface area contributed by atoms with Crippen molar-refractivity contribution in [3.63, 3.8) is 0 Å². The van der Waals surface area contributed by atoms with Gasteiger partial charge in [0.05, 0.1) is 0 Å². The number of nitrogens with zero attached hydrogens (tertiary/aromatic N) is 2. The number of hydrogen-bond donors (Lipinski definition) is 2. The summed E-state index contributed by atoms with van der Waals surface area (Å²) < 4.78 is 0. The Morgan fingerprint density at radius 1 is 1.32 bits per heavy atom. The zero-order valence-electron chi connectivity index (χ0n) is 14.0. The molecule has 120 valence electrons. The maximum atomic E-state index is 5.89. The Bertz CT molecular complexity index is 548. The molecule has 1 aromatic rings. The molecule has 0 radical (unpaired) electrons. The molecular formula is C18H28N4. The van der Waals surface area contributed by atoms with Gasteiger partial charge in [0.2, 0.25) is 0 Å². The molecule has 3 N–H and O–H groups in total. The number of hydrazone groups is 1. The quantitative estimate of drug-likeness (QED) is 0.810. The highest BCUT2D eigenvalue weighted by molar-refractivity contribution is 6.13. The molecule has 1 unspecified atom stereocenters. The van der Waals surface area contributed by atoms with E-state index in [1.807, 2.05) is 12.1 Å². The lowest BCUT2D eigenvalue weighted by atomic mass is 9.98. The van der Waals surface area contributed by atoms with Gasteiger partial charge >= 0.3 is 0 Å². The topological polar surface area (TPSA) is 53.6 Å². The highest BCUT2D eigenvalue weighted by Crippen LogP contribution is 2.22. The summed E-state index contributed by atoms with van der Waals surface area (Å²) >= 11 is 0. The summed E-state index contributed by atoms with van der Waals surface area (Å²) in [7, 11) is 0. The van der Waals surface area contributed by atoms with Gasteiger partial charge in [0.25, 0.3) is 0 Å². The lowest BCUT2D eigenvalue weighted by Gasteiger charge is -2.25. The van der Waals surface area contributed by atoms with Crippen molar-refractivity contribution < 1.29 is 0 Å². The molecule has 1 atom stereocenters. The molecule has 0 aliphatic carbocycles. The highest BCUT2D eigenvalue weighted by Gasteiger charge is 2.25. The summed E-state index contributed by atoms with van der Waals surface area (Å²) in [6, 6.07) is 8.28. The minimum absolute atomic E-state index is 0.661. The summed E-state index contributed by atoms with van der Waals surface area (Å²) in [6.07, 6.45) is 6.62. The monoisotopic (exact) mass is 300 g/mol. The van der Waals surface area contributed by atoms with Gasteiger partial charge in [-0.1, -0.05) is 57.4 Å². The fraction of sp³-hybridized carbons (Fsp3) is 0.500. The van der Waals surface area contributed by atoms with Crippen molar-refractivity contribution in [3.8, 4) is 0 Å². The normalized spacial score (nSPS) is 17.5. The Morgan fingerprint density at radius 3 is 2.73 bits per heavy atom. The van der Waals surface area contributed by atoms with E-state index in [4.69, 9.17) is 5.73 Å².